The van der Waals surface area contributed by atoms with Crippen LogP contribution in [0.25, 0.3) is 0 Å². The third-order valence-corrected chi connectivity index (χ3v) is 2.22. The second-order valence-corrected chi connectivity index (χ2v) is 4.51. The predicted octanol–water partition coefficient (Wildman–Crippen LogP) is 2.21. The molecule has 0 unspecified atom stereocenters. The van der Waals surface area contributed by atoms with Gasteiger partial charge in [0.25, 0.3) is 0 Å². The van der Waals surface area contributed by atoms with Gasteiger partial charge in [0.1, 0.15) is 6.61 Å². The fourth-order valence-electron chi connectivity index (χ4n) is 1.47. The smallest absolute Gasteiger partial charge is 0.154 e. The standard InChI is InChI=1S/C13H23N3O/c1-5-6-17-9-13-15-11(4)7-12(16-13)8-14-10(2)3/h7,10,14H,5-6,8-9H2,1-4H3. The van der Waals surface area contributed by atoms with Crippen LogP contribution in [0.2, 0.25) is 0 Å². The van der Waals surface area contributed by atoms with E-state index in [1.807, 2.05) is 13.0 Å². The molecule has 0 saturated heterocycles. The zero-order valence-electron chi connectivity index (χ0n) is 11.3. The summed E-state index contributed by atoms with van der Waals surface area (Å²) in [5.41, 5.74) is 2.02. The first-order valence-corrected chi connectivity index (χ1v) is 6.26. The summed E-state index contributed by atoms with van der Waals surface area (Å²) in [6.45, 7) is 10.4. The maximum atomic E-state index is 5.46. The number of hydrogen-bond donors (Lipinski definition) is 1. The van der Waals surface area contributed by atoms with E-state index in [1.165, 1.54) is 0 Å². The van der Waals surface area contributed by atoms with Crippen molar-refractivity contribution in [1.29, 1.82) is 0 Å². The highest BCUT2D eigenvalue weighted by molar-refractivity contribution is 5.09. The number of rotatable bonds is 7. The highest BCUT2D eigenvalue weighted by atomic mass is 16.5. The van der Waals surface area contributed by atoms with Gasteiger partial charge in [-0.15, -0.1) is 0 Å². The second kappa shape index (κ2) is 7.35. The molecule has 4 nitrogen and oxygen atoms in total. The molecule has 0 aliphatic heterocycles. The first kappa shape index (κ1) is 14.1. The first-order chi connectivity index (χ1) is 8.11. The highest BCUT2D eigenvalue weighted by Crippen LogP contribution is 2.03. The Bertz CT molecular complexity index is 339. The summed E-state index contributed by atoms with van der Waals surface area (Å²) in [5, 5.41) is 3.35. The molecule has 1 N–H and O–H groups in total. The van der Waals surface area contributed by atoms with E-state index in [9.17, 15) is 0 Å². The lowest BCUT2D eigenvalue weighted by molar-refractivity contribution is 0.115. The Labute approximate surface area is 104 Å². The van der Waals surface area contributed by atoms with Gasteiger partial charge in [-0.2, -0.15) is 0 Å². The van der Waals surface area contributed by atoms with Gasteiger partial charge in [0.05, 0.1) is 5.69 Å². The summed E-state index contributed by atoms with van der Waals surface area (Å²) in [7, 11) is 0. The second-order valence-electron chi connectivity index (χ2n) is 4.51. The van der Waals surface area contributed by atoms with E-state index in [0.29, 0.717) is 12.6 Å². The van der Waals surface area contributed by atoms with Crippen molar-refractivity contribution >= 4 is 0 Å². The fraction of sp³-hybridized carbons (Fsp3) is 0.692. The minimum absolute atomic E-state index is 0.463. The number of nitrogens with zero attached hydrogens (tertiary/aromatic N) is 2. The number of hydrogen-bond acceptors (Lipinski definition) is 4. The molecular weight excluding hydrogens is 214 g/mol. The lowest BCUT2D eigenvalue weighted by Gasteiger charge is -2.09. The molecular formula is C13H23N3O. The van der Waals surface area contributed by atoms with E-state index in [2.05, 4.69) is 36.1 Å². The predicted molar refractivity (Wildman–Crippen MR) is 68.7 cm³/mol. The van der Waals surface area contributed by atoms with Crippen LogP contribution in [0.4, 0.5) is 0 Å². The van der Waals surface area contributed by atoms with Gasteiger partial charge in [-0.05, 0) is 19.4 Å². The van der Waals surface area contributed by atoms with Gasteiger partial charge in [-0.1, -0.05) is 20.8 Å². The number of nitrogens with one attached hydrogen (secondary N) is 1. The Morgan fingerprint density at radius 2 is 2.12 bits per heavy atom. The Kier molecular flexibility index (Phi) is 6.08. The molecule has 0 aromatic carbocycles. The van der Waals surface area contributed by atoms with E-state index < -0.39 is 0 Å². The largest absolute Gasteiger partial charge is 0.373 e. The Morgan fingerprint density at radius 3 is 2.76 bits per heavy atom. The monoisotopic (exact) mass is 237 g/mol. The zero-order chi connectivity index (χ0) is 12.7. The highest BCUT2D eigenvalue weighted by Gasteiger charge is 2.03. The fourth-order valence-corrected chi connectivity index (χ4v) is 1.47. The van der Waals surface area contributed by atoms with E-state index in [1.54, 1.807) is 0 Å². The summed E-state index contributed by atoms with van der Waals surface area (Å²) in [6, 6.07) is 2.48. The van der Waals surface area contributed by atoms with Crippen molar-refractivity contribution in [2.24, 2.45) is 0 Å². The summed E-state index contributed by atoms with van der Waals surface area (Å²) in [4.78, 5) is 8.85. The third kappa shape index (κ3) is 5.75. The molecule has 96 valence electrons. The van der Waals surface area contributed by atoms with Crippen molar-refractivity contribution in [2.75, 3.05) is 6.61 Å². The molecule has 0 aliphatic carbocycles. The van der Waals surface area contributed by atoms with Crippen LogP contribution in [0.1, 0.15) is 44.4 Å². The molecule has 0 bridgehead atoms. The molecule has 1 rings (SSSR count). The van der Waals surface area contributed by atoms with Crippen LogP contribution in [0.3, 0.4) is 0 Å². The lowest BCUT2D eigenvalue weighted by atomic mass is 10.3. The Hall–Kier alpha value is -1.00. The van der Waals surface area contributed by atoms with Gasteiger partial charge < -0.3 is 10.1 Å². The van der Waals surface area contributed by atoms with Gasteiger partial charge in [0.15, 0.2) is 5.82 Å². The normalized spacial score (nSPS) is 11.1. The van der Waals surface area contributed by atoms with Gasteiger partial charge in [0.2, 0.25) is 0 Å². The summed E-state index contributed by atoms with van der Waals surface area (Å²) < 4.78 is 5.46. The van der Waals surface area contributed by atoms with Crippen LogP contribution in [0.5, 0.6) is 0 Å². The van der Waals surface area contributed by atoms with Crippen LogP contribution in [0.15, 0.2) is 6.07 Å². The quantitative estimate of drug-likeness (QED) is 0.739. The molecule has 0 fully saturated rings. The van der Waals surface area contributed by atoms with Gasteiger partial charge in [-0.25, -0.2) is 9.97 Å². The van der Waals surface area contributed by atoms with Gasteiger partial charge >= 0.3 is 0 Å². The van der Waals surface area contributed by atoms with E-state index in [-0.39, 0.29) is 0 Å². The SMILES string of the molecule is CCCOCc1nc(C)cc(CNC(C)C)n1. The Morgan fingerprint density at radius 1 is 1.35 bits per heavy atom. The molecule has 0 saturated carbocycles. The molecule has 0 aliphatic rings. The molecule has 0 radical (unpaired) electrons. The van der Waals surface area contributed by atoms with Crippen LogP contribution in [-0.4, -0.2) is 22.6 Å². The van der Waals surface area contributed by atoms with Gasteiger partial charge in [-0.3, -0.25) is 0 Å². The van der Waals surface area contributed by atoms with Crippen LogP contribution in [0, 0.1) is 6.92 Å². The zero-order valence-corrected chi connectivity index (χ0v) is 11.3. The van der Waals surface area contributed by atoms with Crippen molar-refractivity contribution in [3.8, 4) is 0 Å². The summed E-state index contributed by atoms with van der Waals surface area (Å²) >= 11 is 0. The van der Waals surface area contributed by atoms with Crippen molar-refractivity contribution in [3.63, 3.8) is 0 Å². The summed E-state index contributed by atoms with van der Waals surface area (Å²) in [6.07, 6.45) is 1.02. The first-order valence-electron chi connectivity index (χ1n) is 6.26. The van der Waals surface area contributed by atoms with E-state index in [0.717, 1.165) is 36.8 Å². The molecule has 1 aromatic heterocycles. The van der Waals surface area contributed by atoms with Crippen molar-refractivity contribution in [1.82, 2.24) is 15.3 Å². The van der Waals surface area contributed by atoms with Crippen molar-refractivity contribution < 1.29 is 4.74 Å². The molecule has 1 aromatic rings. The topological polar surface area (TPSA) is 47.0 Å². The molecule has 4 heteroatoms. The van der Waals surface area contributed by atoms with E-state index in [4.69, 9.17) is 4.74 Å². The average molecular weight is 237 g/mol. The van der Waals surface area contributed by atoms with Crippen molar-refractivity contribution in [2.45, 2.75) is 53.3 Å². The van der Waals surface area contributed by atoms with Crippen LogP contribution >= 0.6 is 0 Å². The maximum Gasteiger partial charge on any atom is 0.154 e. The molecule has 0 atom stereocenters. The van der Waals surface area contributed by atoms with Crippen molar-refractivity contribution in [3.05, 3.63) is 23.3 Å². The van der Waals surface area contributed by atoms with Crippen LogP contribution in [-0.2, 0) is 17.9 Å². The van der Waals surface area contributed by atoms with Gasteiger partial charge in [0, 0.05) is 24.9 Å². The Balaban J connectivity index is 2.59. The average Bonchev–Trinajstić information content (AvgIpc) is 2.26. The lowest BCUT2D eigenvalue weighted by Crippen LogP contribution is -2.23. The molecule has 17 heavy (non-hydrogen) atoms. The van der Waals surface area contributed by atoms with Crippen LogP contribution < -0.4 is 5.32 Å². The maximum absolute atomic E-state index is 5.46. The molecule has 0 spiro atoms. The number of aromatic nitrogens is 2. The molecule has 1 heterocycles. The summed E-state index contributed by atoms with van der Waals surface area (Å²) in [5.74, 6) is 0.777. The number of aryl methyl sites for hydroxylation is 1. The minimum Gasteiger partial charge on any atom is -0.373 e. The third-order valence-electron chi connectivity index (χ3n) is 2.22. The minimum atomic E-state index is 0.463. The molecule has 0 amide bonds. The number of ether oxygens (including phenoxy) is 1. The van der Waals surface area contributed by atoms with E-state index >= 15 is 0 Å².